The maximum atomic E-state index is 3.72. The highest BCUT2D eigenvalue weighted by Crippen LogP contribution is 2.28. The molecule has 0 amide bonds. The molecule has 0 radical (unpaired) electrons. The van der Waals surface area contributed by atoms with Crippen molar-refractivity contribution >= 4 is 11.8 Å². The van der Waals surface area contributed by atoms with Crippen LogP contribution in [0.2, 0.25) is 0 Å². The van der Waals surface area contributed by atoms with Gasteiger partial charge in [0.25, 0.3) is 0 Å². The van der Waals surface area contributed by atoms with Crippen molar-refractivity contribution in [2.24, 2.45) is 5.92 Å². The maximum Gasteiger partial charge on any atom is 0.0244 e. The van der Waals surface area contributed by atoms with Crippen LogP contribution in [-0.2, 0) is 0 Å². The minimum Gasteiger partial charge on any atom is -0.312 e. The summed E-state index contributed by atoms with van der Waals surface area (Å²) in [5.74, 6) is 0.753. The number of nitrogens with zero attached hydrogens (tertiary/aromatic N) is 1. The van der Waals surface area contributed by atoms with Crippen LogP contribution in [0.15, 0.2) is 0 Å². The highest BCUT2D eigenvalue weighted by molar-refractivity contribution is 8.00. The predicted molar refractivity (Wildman–Crippen MR) is 77.7 cm³/mol. The standard InChI is InChI=1S/C14H28N2S/c1-10(2)14(7-15-13-5-6-13)16-8-11(3)17-12(4)9-16/h10-15H,5-9H2,1-4H3. The average molecular weight is 256 g/mol. The van der Waals surface area contributed by atoms with E-state index >= 15 is 0 Å². The second-order valence-electron chi connectivity index (χ2n) is 6.21. The molecule has 2 rings (SSSR count). The van der Waals surface area contributed by atoms with Gasteiger partial charge in [-0.15, -0.1) is 0 Å². The van der Waals surface area contributed by atoms with Crippen LogP contribution in [0.1, 0.15) is 40.5 Å². The number of thioether (sulfide) groups is 1. The molecule has 1 aliphatic carbocycles. The number of nitrogens with one attached hydrogen (secondary N) is 1. The van der Waals surface area contributed by atoms with E-state index in [0.29, 0.717) is 0 Å². The fraction of sp³-hybridized carbons (Fsp3) is 1.00. The van der Waals surface area contributed by atoms with E-state index in [2.05, 4.69) is 49.7 Å². The first-order valence-electron chi connectivity index (χ1n) is 7.19. The molecule has 0 aromatic rings. The summed E-state index contributed by atoms with van der Waals surface area (Å²) in [5, 5.41) is 5.30. The smallest absolute Gasteiger partial charge is 0.0244 e. The normalized spacial score (nSPS) is 33.0. The van der Waals surface area contributed by atoms with E-state index in [9.17, 15) is 0 Å². The Kier molecular flexibility index (Phi) is 4.79. The number of rotatable bonds is 5. The third kappa shape index (κ3) is 4.15. The fourth-order valence-corrected chi connectivity index (χ4v) is 4.20. The lowest BCUT2D eigenvalue weighted by molar-refractivity contribution is 0.149. The van der Waals surface area contributed by atoms with Crippen molar-refractivity contribution < 1.29 is 0 Å². The minimum atomic E-state index is 0.724. The van der Waals surface area contributed by atoms with E-state index in [1.165, 1.54) is 32.5 Å². The van der Waals surface area contributed by atoms with Gasteiger partial charge in [0.1, 0.15) is 0 Å². The Bertz CT molecular complexity index is 230. The van der Waals surface area contributed by atoms with Gasteiger partial charge >= 0.3 is 0 Å². The Balaban J connectivity index is 1.88. The molecule has 3 atom stereocenters. The quantitative estimate of drug-likeness (QED) is 0.814. The van der Waals surface area contributed by atoms with Crippen LogP contribution in [0, 0.1) is 5.92 Å². The molecule has 1 heterocycles. The third-order valence-electron chi connectivity index (χ3n) is 3.88. The molecule has 3 heteroatoms. The first kappa shape index (κ1) is 13.7. The molecule has 0 spiro atoms. The summed E-state index contributed by atoms with van der Waals surface area (Å²) in [5.41, 5.74) is 0. The van der Waals surface area contributed by atoms with Gasteiger partial charge in [0.2, 0.25) is 0 Å². The Morgan fingerprint density at radius 3 is 2.24 bits per heavy atom. The monoisotopic (exact) mass is 256 g/mol. The van der Waals surface area contributed by atoms with Crippen molar-refractivity contribution in [2.45, 2.75) is 63.1 Å². The zero-order chi connectivity index (χ0) is 12.4. The molecule has 1 aliphatic heterocycles. The van der Waals surface area contributed by atoms with E-state index in [1.54, 1.807) is 0 Å². The highest BCUT2D eigenvalue weighted by Gasteiger charge is 2.30. The van der Waals surface area contributed by atoms with Crippen LogP contribution >= 0.6 is 11.8 Å². The van der Waals surface area contributed by atoms with Crippen molar-refractivity contribution in [1.29, 1.82) is 0 Å². The van der Waals surface area contributed by atoms with E-state index in [4.69, 9.17) is 0 Å². The van der Waals surface area contributed by atoms with Gasteiger partial charge in [-0.25, -0.2) is 0 Å². The average Bonchev–Trinajstić information content (AvgIpc) is 2.99. The van der Waals surface area contributed by atoms with Crippen molar-refractivity contribution in [3.63, 3.8) is 0 Å². The lowest BCUT2D eigenvalue weighted by atomic mass is 10.0. The van der Waals surface area contributed by atoms with Gasteiger partial charge in [-0.2, -0.15) is 11.8 Å². The van der Waals surface area contributed by atoms with Gasteiger partial charge in [-0.05, 0) is 18.8 Å². The summed E-state index contributed by atoms with van der Waals surface area (Å²) >= 11 is 2.15. The number of hydrogen-bond acceptors (Lipinski definition) is 3. The summed E-state index contributed by atoms with van der Waals surface area (Å²) in [4.78, 5) is 2.73. The van der Waals surface area contributed by atoms with Crippen molar-refractivity contribution in [1.82, 2.24) is 10.2 Å². The summed E-state index contributed by atoms with van der Waals surface area (Å²) in [6.07, 6.45) is 2.79. The summed E-state index contributed by atoms with van der Waals surface area (Å²) in [6.45, 7) is 13.2. The summed E-state index contributed by atoms with van der Waals surface area (Å²) < 4.78 is 0. The predicted octanol–water partition coefficient (Wildman–Crippen LogP) is 2.59. The Morgan fingerprint density at radius 1 is 1.18 bits per heavy atom. The molecule has 0 aromatic carbocycles. The second kappa shape index (κ2) is 5.94. The molecule has 1 N–H and O–H groups in total. The molecule has 100 valence electrons. The van der Waals surface area contributed by atoms with Crippen LogP contribution in [0.5, 0.6) is 0 Å². The van der Waals surface area contributed by atoms with E-state index in [0.717, 1.165) is 28.5 Å². The zero-order valence-corrected chi connectivity index (χ0v) is 12.6. The van der Waals surface area contributed by atoms with Gasteiger partial charge in [0.05, 0.1) is 0 Å². The van der Waals surface area contributed by atoms with E-state index in [-0.39, 0.29) is 0 Å². The van der Waals surface area contributed by atoms with E-state index < -0.39 is 0 Å². The van der Waals surface area contributed by atoms with Crippen LogP contribution in [0.25, 0.3) is 0 Å². The Morgan fingerprint density at radius 2 is 1.76 bits per heavy atom. The molecule has 3 unspecified atom stereocenters. The molecular formula is C14H28N2S. The van der Waals surface area contributed by atoms with Gasteiger partial charge in [0.15, 0.2) is 0 Å². The Hall–Kier alpha value is 0.270. The highest BCUT2D eigenvalue weighted by atomic mass is 32.2. The third-order valence-corrected chi connectivity index (χ3v) is 5.11. The van der Waals surface area contributed by atoms with E-state index in [1.807, 2.05) is 0 Å². The zero-order valence-electron chi connectivity index (χ0n) is 11.8. The SMILES string of the molecule is CC1CN(C(CNC2CC2)C(C)C)CC(C)S1. The lowest BCUT2D eigenvalue weighted by Gasteiger charge is -2.41. The van der Waals surface area contributed by atoms with Gasteiger partial charge in [-0.3, -0.25) is 4.90 Å². The first-order chi connectivity index (χ1) is 8.06. The first-order valence-corrected chi connectivity index (χ1v) is 8.13. The van der Waals surface area contributed by atoms with Crippen molar-refractivity contribution in [2.75, 3.05) is 19.6 Å². The molecule has 1 saturated heterocycles. The van der Waals surface area contributed by atoms with Crippen molar-refractivity contribution in [3.05, 3.63) is 0 Å². The summed E-state index contributed by atoms with van der Waals surface area (Å²) in [6, 6.07) is 1.56. The topological polar surface area (TPSA) is 15.3 Å². The molecule has 0 bridgehead atoms. The fourth-order valence-electron chi connectivity index (χ4n) is 2.85. The van der Waals surface area contributed by atoms with Gasteiger partial charge < -0.3 is 5.32 Å². The molecule has 2 aliphatic rings. The Labute approximate surface area is 111 Å². The molecule has 0 aromatic heterocycles. The lowest BCUT2D eigenvalue weighted by Crippen LogP contribution is -2.52. The number of hydrogen-bond donors (Lipinski definition) is 1. The molecule has 17 heavy (non-hydrogen) atoms. The van der Waals surface area contributed by atoms with Crippen LogP contribution in [-0.4, -0.2) is 47.1 Å². The van der Waals surface area contributed by atoms with Crippen LogP contribution in [0.4, 0.5) is 0 Å². The minimum absolute atomic E-state index is 0.724. The largest absolute Gasteiger partial charge is 0.312 e. The second-order valence-corrected chi connectivity index (χ2v) is 8.09. The molecule has 2 fully saturated rings. The van der Waals surface area contributed by atoms with Crippen LogP contribution in [0.3, 0.4) is 0 Å². The molecule has 2 nitrogen and oxygen atoms in total. The van der Waals surface area contributed by atoms with Crippen molar-refractivity contribution in [3.8, 4) is 0 Å². The molecule has 1 saturated carbocycles. The van der Waals surface area contributed by atoms with Gasteiger partial charge in [0, 0.05) is 42.2 Å². The maximum absolute atomic E-state index is 3.72. The molecular weight excluding hydrogens is 228 g/mol. The van der Waals surface area contributed by atoms with Crippen LogP contribution < -0.4 is 5.32 Å². The summed E-state index contributed by atoms with van der Waals surface area (Å²) in [7, 11) is 0. The van der Waals surface area contributed by atoms with Gasteiger partial charge in [-0.1, -0.05) is 27.7 Å².